The number of amides is 1. The summed E-state index contributed by atoms with van der Waals surface area (Å²) in [6.45, 7) is 0.451. The van der Waals surface area contributed by atoms with Gasteiger partial charge in [-0.25, -0.2) is 0 Å². The lowest BCUT2D eigenvalue weighted by molar-refractivity contribution is 0.0951. The number of nitrogens with zero attached hydrogens (tertiary/aromatic N) is 2. The summed E-state index contributed by atoms with van der Waals surface area (Å²) in [5.41, 5.74) is 3.79. The Morgan fingerprint density at radius 2 is 1.95 bits per heavy atom. The molecule has 3 rings (SSSR count). The van der Waals surface area contributed by atoms with Crippen LogP contribution in [0.3, 0.4) is 0 Å². The van der Waals surface area contributed by atoms with Crippen LogP contribution in [0.1, 0.15) is 15.9 Å². The van der Waals surface area contributed by atoms with E-state index in [1.165, 1.54) is 0 Å². The Balaban J connectivity index is 1.69. The molecule has 3 aromatic rings. The SMILES string of the molecule is O=C(NCc1cncc(-c2ccsc2)c1)c1ccncc1. The zero-order valence-electron chi connectivity index (χ0n) is 11.2. The topological polar surface area (TPSA) is 54.9 Å². The van der Waals surface area contributed by atoms with Crippen molar-refractivity contribution in [1.29, 1.82) is 0 Å². The summed E-state index contributed by atoms with van der Waals surface area (Å²) < 4.78 is 0. The lowest BCUT2D eigenvalue weighted by Crippen LogP contribution is -2.22. The van der Waals surface area contributed by atoms with Crippen LogP contribution in [0.2, 0.25) is 0 Å². The quantitative estimate of drug-likeness (QED) is 0.804. The molecular formula is C16H13N3OS. The van der Waals surface area contributed by atoms with Crippen LogP contribution in [0, 0.1) is 0 Å². The van der Waals surface area contributed by atoms with E-state index in [1.807, 2.05) is 17.6 Å². The third-order valence-corrected chi connectivity index (χ3v) is 3.73. The van der Waals surface area contributed by atoms with Gasteiger partial charge >= 0.3 is 0 Å². The first-order valence-corrected chi connectivity index (χ1v) is 7.42. The molecule has 0 radical (unpaired) electrons. The number of carbonyl (C=O) groups is 1. The van der Waals surface area contributed by atoms with Gasteiger partial charge in [0, 0.05) is 42.5 Å². The van der Waals surface area contributed by atoms with E-state index in [2.05, 4.69) is 26.7 Å². The standard InChI is InChI=1S/C16H13N3OS/c20-16(13-1-4-17-5-2-13)19-9-12-7-15(10-18-8-12)14-3-6-21-11-14/h1-8,10-11H,9H2,(H,19,20). The van der Waals surface area contributed by atoms with Crippen LogP contribution in [0.25, 0.3) is 11.1 Å². The van der Waals surface area contributed by atoms with Gasteiger partial charge in [0.05, 0.1) is 0 Å². The minimum Gasteiger partial charge on any atom is -0.348 e. The fraction of sp³-hybridized carbons (Fsp3) is 0.0625. The maximum Gasteiger partial charge on any atom is 0.251 e. The third-order valence-electron chi connectivity index (χ3n) is 3.04. The van der Waals surface area contributed by atoms with Gasteiger partial charge in [0.15, 0.2) is 0 Å². The fourth-order valence-electron chi connectivity index (χ4n) is 1.96. The molecule has 0 atom stereocenters. The molecule has 1 amide bonds. The Hall–Kier alpha value is -2.53. The van der Waals surface area contributed by atoms with Crippen molar-refractivity contribution in [1.82, 2.24) is 15.3 Å². The van der Waals surface area contributed by atoms with Gasteiger partial charge in [0.1, 0.15) is 0 Å². The van der Waals surface area contributed by atoms with Crippen molar-refractivity contribution in [2.75, 3.05) is 0 Å². The molecule has 0 aromatic carbocycles. The predicted octanol–water partition coefficient (Wildman–Crippen LogP) is 3.14. The van der Waals surface area contributed by atoms with E-state index in [1.54, 1.807) is 42.1 Å². The summed E-state index contributed by atoms with van der Waals surface area (Å²) in [6, 6.07) is 7.48. The number of carbonyl (C=O) groups excluding carboxylic acids is 1. The molecule has 0 saturated heterocycles. The molecule has 0 aliphatic carbocycles. The zero-order valence-corrected chi connectivity index (χ0v) is 12.0. The van der Waals surface area contributed by atoms with Gasteiger partial charge in [0.25, 0.3) is 5.91 Å². The van der Waals surface area contributed by atoms with Gasteiger partial charge in [0.2, 0.25) is 0 Å². The highest BCUT2D eigenvalue weighted by atomic mass is 32.1. The minimum atomic E-state index is -0.113. The molecule has 0 fully saturated rings. The van der Waals surface area contributed by atoms with Crippen molar-refractivity contribution in [2.45, 2.75) is 6.54 Å². The van der Waals surface area contributed by atoms with Crippen LogP contribution in [0.4, 0.5) is 0 Å². The Morgan fingerprint density at radius 3 is 2.71 bits per heavy atom. The predicted molar refractivity (Wildman–Crippen MR) is 83.0 cm³/mol. The second kappa shape index (κ2) is 6.28. The van der Waals surface area contributed by atoms with Crippen LogP contribution in [0.15, 0.2) is 59.8 Å². The van der Waals surface area contributed by atoms with E-state index in [0.29, 0.717) is 12.1 Å². The van der Waals surface area contributed by atoms with Crippen LogP contribution in [0.5, 0.6) is 0 Å². The maximum absolute atomic E-state index is 12.0. The van der Waals surface area contributed by atoms with Crippen molar-refractivity contribution < 1.29 is 4.79 Å². The Kier molecular flexibility index (Phi) is 4.02. The van der Waals surface area contributed by atoms with Crippen molar-refractivity contribution in [3.63, 3.8) is 0 Å². The molecule has 104 valence electrons. The zero-order chi connectivity index (χ0) is 14.5. The molecule has 3 heterocycles. The van der Waals surface area contributed by atoms with E-state index >= 15 is 0 Å². The van der Waals surface area contributed by atoms with Crippen LogP contribution in [-0.2, 0) is 6.54 Å². The average molecular weight is 295 g/mol. The Morgan fingerprint density at radius 1 is 1.10 bits per heavy atom. The highest BCUT2D eigenvalue weighted by Gasteiger charge is 2.05. The number of nitrogens with one attached hydrogen (secondary N) is 1. The maximum atomic E-state index is 12.0. The van der Waals surface area contributed by atoms with Gasteiger partial charge in [-0.15, -0.1) is 0 Å². The van der Waals surface area contributed by atoms with Gasteiger partial charge in [-0.2, -0.15) is 11.3 Å². The molecule has 3 aromatic heterocycles. The molecule has 4 nitrogen and oxygen atoms in total. The lowest BCUT2D eigenvalue weighted by atomic mass is 10.1. The molecule has 5 heteroatoms. The molecule has 0 aliphatic heterocycles. The van der Waals surface area contributed by atoms with E-state index in [-0.39, 0.29) is 5.91 Å². The van der Waals surface area contributed by atoms with Crippen molar-refractivity contribution in [3.05, 3.63) is 70.9 Å². The van der Waals surface area contributed by atoms with Gasteiger partial charge < -0.3 is 5.32 Å². The number of hydrogen-bond acceptors (Lipinski definition) is 4. The second-order valence-corrected chi connectivity index (χ2v) is 5.29. The van der Waals surface area contributed by atoms with Gasteiger partial charge in [-0.05, 0) is 46.2 Å². The van der Waals surface area contributed by atoms with Crippen LogP contribution >= 0.6 is 11.3 Å². The normalized spacial score (nSPS) is 10.3. The van der Waals surface area contributed by atoms with E-state index < -0.39 is 0 Å². The number of pyridine rings is 2. The summed E-state index contributed by atoms with van der Waals surface area (Å²) in [5, 5.41) is 7.00. The summed E-state index contributed by atoms with van der Waals surface area (Å²) in [4.78, 5) is 20.1. The first kappa shape index (κ1) is 13.5. The number of hydrogen-bond donors (Lipinski definition) is 1. The number of rotatable bonds is 4. The Bertz CT molecular complexity index is 726. The Labute approximate surface area is 126 Å². The van der Waals surface area contributed by atoms with E-state index in [4.69, 9.17) is 0 Å². The summed E-state index contributed by atoms with van der Waals surface area (Å²) in [5.74, 6) is -0.113. The molecular weight excluding hydrogens is 282 g/mol. The average Bonchev–Trinajstić information content (AvgIpc) is 3.08. The molecule has 21 heavy (non-hydrogen) atoms. The van der Waals surface area contributed by atoms with Crippen molar-refractivity contribution in [3.8, 4) is 11.1 Å². The lowest BCUT2D eigenvalue weighted by Gasteiger charge is -2.06. The highest BCUT2D eigenvalue weighted by molar-refractivity contribution is 7.08. The molecule has 0 unspecified atom stereocenters. The number of thiophene rings is 1. The molecule has 1 N–H and O–H groups in total. The first-order chi connectivity index (χ1) is 10.3. The van der Waals surface area contributed by atoms with Crippen LogP contribution < -0.4 is 5.32 Å². The molecule has 0 aliphatic rings. The second-order valence-electron chi connectivity index (χ2n) is 4.51. The fourth-order valence-corrected chi connectivity index (χ4v) is 2.62. The largest absolute Gasteiger partial charge is 0.348 e. The summed E-state index contributed by atoms with van der Waals surface area (Å²) in [6.07, 6.45) is 6.81. The van der Waals surface area contributed by atoms with E-state index in [0.717, 1.165) is 16.7 Å². The van der Waals surface area contributed by atoms with Gasteiger partial charge in [-0.3, -0.25) is 14.8 Å². The smallest absolute Gasteiger partial charge is 0.251 e. The van der Waals surface area contributed by atoms with Crippen LogP contribution in [-0.4, -0.2) is 15.9 Å². The molecule has 0 spiro atoms. The highest BCUT2D eigenvalue weighted by Crippen LogP contribution is 2.21. The van der Waals surface area contributed by atoms with Crippen molar-refractivity contribution >= 4 is 17.2 Å². The van der Waals surface area contributed by atoms with Gasteiger partial charge in [-0.1, -0.05) is 0 Å². The number of aromatic nitrogens is 2. The van der Waals surface area contributed by atoms with Crippen molar-refractivity contribution in [2.24, 2.45) is 0 Å². The monoisotopic (exact) mass is 295 g/mol. The molecule has 0 saturated carbocycles. The summed E-state index contributed by atoms with van der Waals surface area (Å²) in [7, 11) is 0. The minimum absolute atomic E-state index is 0.113. The molecule has 0 bridgehead atoms. The third kappa shape index (κ3) is 3.32. The van der Waals surface area contributed by atoms with E-state index in [9.17, 15) is 4.79 Å². The summed E-state index contributed by atoms with van der Waals surface area (Å²) >= 11 is 1.65. The first-order valence-electron chi connectivity index (χ1n) is 6.47.